The smallest absolute Gasteiger partial charge is 0.137 e. The number of allylic oxidation sites excluding steroid dienone is 6. The summed E-state index contributed by atoms with van der Waals surface area (Å²) in [6, 6.07) is 5.99. The molecule has 2 heteroatoms. The number of hydrogen-bond acceptors (Lipinski definition) is 1. The summed E-state index contributed by atoms with van der Waals surface area (Å²) in [6.45, 7) is 15.4. The van der Waals surface area contributed by atoms with Crippen molar-refractivity contribution in [3.8, 4) is 11.8 Å². The summed E-state index contributed by atoms with van der Waals surface area (Å²) in [5, 5.41) is 0. The summed E-state index contributed by atoms with van der Waals surface area (Å²) in [7, 11) is 0. The Morgan fingerprint density at radius 1 is 1.22 bits per heavy atom. The average molecular weight is 307 g/mol. The molecule has 0 aliphatic rings. The standard InChI is InChI=1S/C21H22FN/c1-7-19(22)14-23-17(6)10-12-18-11-9-16(5)21(13-18)20(8-2)15(3)4/h7-9,11,13-14H,3,6H2,1-2,4-5H3/b19-7+,20-8-,23-14-. The molecule has 1 nitrogen and oxygen atoms in total. The summed E-state index contributed by atoms with van der Waals surface area (Å²) >= 11 is 0. The van der Waals surface area contributed by atoms with Crippen LogP contribution in [-0.2, 0) is 0 Å². The number of halogens is 1. The molecule has 0 aliphatic carbocycles. The number of aryl methyl sites for hydroxylation is 1. The van der Waals surface area contributed by atoms with Crippen LogP contribution >= 0.6 is 0 Å². The Morgan fingerprint density at radius 3 is 2.48 bits per heavy atom. The Hall–Kier alpha value is -2.66. The van der Waals surface area contributed by atoms with Gasteiger partial charge < -0.3 is 0 Å². The van der Waals surface area contributed by atoms with Crippen molar-refractivity contribution in [1.82, 2.24) is 0 Å². The Balaban J connectivity index is 3.10. The van der Waals surface area contributed by atoms with Gasteiger partial charge in [-0.1, -0.05) is 42.9 Å². The van der Waals surface area contributed by atoms with Gasteiger partial charge in [-0.2, -0.15) is 0 Å². The number of nitrogens with zero attached hydrogens (tertiary/aromatic N) is 1. The van der Waals surface area contributed by atoms with Crippen molar-refractivity contribution in [3.63, 3.8) is 0 Å². The SMILES string of the molecule is C=C(C#Cc1ccc(C)c(/C(=C\C)C(=C)C)c1)/N=C\C(F)=C/C. The van der Waals surface area contributed by atoms with Gasteiger partial charge in [0.1, 0.15) is 11.5 Å². The Kier molecular flexibility index (Phi) is 6.96. The molecule has 0 aliphatic heterocycles. The van der Waals surface area contributed by atoms with Crippen molar-refractivity contribution in [2.24, 2.45) is 4.99 Å². The van der Waals surface area contributed by atoms with E-state index in [1.54, 1.807) is 6.92 Å². The van der Waals surface area contributed by atoms with E-state index in [0.717, 1.165) is 28.5 Å². The normalized spacial score (nSPS) is 12.0. The monoisotopic (exact) mass is 307 g/mol. The molecule has 0 amide bonds. The lowest BCUT2D eigenvalue weighted by Crippen LogP contribution is -1.91. The summed E-state index contributed by atoms with van der Waals surface area (Å²) in [5.41, 5.74) is 5.57. The van der Waals surface area contributed by atoms with E-state index in [2.05, 4.69) is 36.9 Å². The van der Waals surface area contributed by atoms with E-state index >= 15 is 0 Å². The predicted molar refractivity (Wildman–Crippen MR) is 99.0 cm³/mol. The molecule has 0 bridgehead atoms. The average Bonchev–Trinajstić information content (AvgIpc) is 2.53. The second-order valence-corrected chi connectivity index (χ2v) is 5.14. The van der Waals surface area contributed by atoms with Crippen molar-refractivity contribution in [2.75, 3.05) is 0 Å². The zero-order valence-electron chi connectivity index (χ0n) is 14.2. The van der Waals surface area contributed by atoms with Gasteiger partial charge >= 0.3 is 0 Å². The topological polar surface area (TPSA) is 12.4 Å². The predicted octanol–water partition coefficient (Wildman–Crippen LogP) is 5.78. The Bertz CT molecular complexity index is 765. The Morgan fingerprint density at radius 2 is 1.91 bits per heavy atom. The second-order valence-electron chi connectivity index (χ2n) is 5.14. The summed E-state index contributed by atoms with van der Waals surface area (Å²) in [5.74, 6) is 5.43. The molecule has 1 aromatic rings. The number of aliphatic imine (C=N–C) groups is 1. The largest absolute Gasteiger partial charge is 0.245 e. The first-order valence-electron chi connectivity index (χ1n) is 7.39. The van der Waals surface area contributed by atoms with E-state index in [1.807, 2.05) is 38.1 Å². The zero-order chi connectivity index (χ0) is 17.4. The lowest BCUT2D eigenvalue weighted by molar-refractivity contribution is 0.684. The van der Waals surface area contributed by atoms with E-state index in [-0.39, 0.29) is 0 Å². The van der Waals surface area contributed by atoms with Crippen LogP contribution in [0.5, 0.6) is 0 Å². The molecule has 0 N–H and O–H groups in total. The van der Waals surface area contributed by atoms with Gasteiger partial charge in [-0.05, 0) is 62.4 Å². The first-order chi connectivity index (χ1) is 10.9. The van der Waals surface area contributed by atoms with Crippen molar-refractivity contribution in [1.29, 1.82) is 0 Å². The van der Waals surface area contributed by atoms with Crippen molar-refractivity contribution >= 4 is 11.8 Å². The van der Waals surface area contributed by atoms with E-state index < -0.39 is 5.83 Å². The van der Waals surface area contributed by atoms with Gasteiger partial charge in [-0.25, -0.2) is 9.38 Å². The minimum absolute atomic E-state index is 0.315. The number of rotatable bonds is 4. The maximum Gasteiger partial charge on any atom is 0.137 e. The van der Waals surface area contributed by atoms with Crippen LogP contribution < -0.4 is 0 Å². The van der Waals surface area contributed by atoms with Gasteiger partial charge in [0.15, 0.2) is 0 Å². The third-order valence-corrected chi connectivity index (χ3v) is 3.25. The minimum atomic E-state index is -0.412. The van der Waals surface area contributed by atoms with Crippen LogP contribution in [0.25, 0.3) is 5.57 Å². The molecule has 0 fully saturated rings. The maximum atomic E-state index is 13.0. The molecule has 0 aromatic heterocycles. The van der Waals surface area contributed by atoms with Gasteiger partial charge in [-0.15, -0.1) is 0 Å². The van der Waals surface area contributed by atoms with Crippen LogP contribution in [0, 0.1) is 18.8 Å². The fourth-order valence-corrected chi connectivity index (χ4v) is 2.01. The number of hydrogen-bond donors (Lipinski definition) is 0. The minimum Gasteiger partial charge on any atom is -0.245 e. The van der Waals surface area contributed by atoms with Gasteiger partial charge in [0.05, 0.1) is 6.21 Å². The summed E-state index contributed by atoms with van der Waals surface area (Å²) in [4.78, 5) is 3.87. The van der Waals surface area contributed by atoms with Crippen LogP contribution in [0.4, 0.5) is 4.39 Å². The van der Waals surface area contributed by atoms with Gasteiger partial charge in [0.2, 0.25) is 0 Å². The van der Waals surface area contributed by atoms with Crippen LogP contribution in [-0.4, -0.2) is 6.21 Å². The molecular weight excluding hydrogens is 285 g/mol. The lowest BCUT2D eigenvalue weighted by Gasteiger charge is -2.10. The highest BCUT2D eigenvalue weighted by molar-refractivity contribution is 5.80. The third kappa shape index (κ3) is 5.56. The third-order valence-electron chi connectivity index (χ3n) is 3.25. The van der Waals surface area contributed by atoms with Crippen LogP contribution in [0.1, 0.15) is 37.5 Å². The highest BCUT2D eigenvalue weighted by Crippen LogP contribution is 2.25. The highest BCUT2D eigenvalue weighted by atomic mass is 19.1. The fraction of sp³-hybridized carbons (Fsp3) is 0.190. The van der Waals surface area contributed by atoms with E-state index in [4.69, 9.17) is 0 Å². The van der Waals surface area contributed by atoms with Crippen LogP contribution in [0.3, 0.4) is 0 Å². The van der Waals surface area contributed by atoms with Crippen molar-refractivity contribution < 1.29 is 4.39 Å². The molecule has 0 spiro atoms. The van der Waals surface area contributed by atoms with E-state index in [9.17, 15) is 4.39 Å². The lowest BCUT2D eigenvalue weighted by atomic mass is 9.94. The molecular formula is C21H22FN. The summed E-state index contributed by atoms with van der Waals surface area (Å²) in [6.07, 6.45) is 4.48. The van der Waals surface area contributed by atoms with Gasteiger partial charge in [0, 0.05) is 5.56 Å². The van der Waals surface area contributed by atoms with Crippen LogP contribution in [0.2, 0.25) is 0 Å². The van der Waals surface area contributed by atoms with Crippen molar-refractivity contribution in [2.45, 2.75) is 27.7 Å². The first-order valence-corrected chi connectivity index (χ1v) is 7.39. The molecule has 0 saturated heterocycles. The highest BCUT2D eigenvalue weighted by Gasteiger charge is 2.05. The molecule has 118 valence electrons. The molecule has 1 aromatic carbocycles. The fourth-order valence-electron chi connectivity index (χ4n) is 2.01. The molecule has 0 atom stereocenters. The van der Waals surface area contributed by atoms with E-state index in [1.165, 1.54) is 11.6 Å². The molecule has 23 heavy (non-hydrogen) atoms. The van der Waals surface area contributed by atoms with Gasteiger partial charge in [0.25, 0.3) is 0 Å². The first kappa shape index (κ1) is 18.4. The quantitative estimate of drug-likeness (QED) is 0.379. The summed E-state index contributed by atoms with van der Waals surface area (Å²) < 4.78 is 13.0. The second kappa shape index (κ2) is 8.70. The van der Waals surface area contributed by atoms with E-state index in [0.29, 0.717) is 5.70 Å². The van der Waals surface area contributed by atoms with Crippen LogP contribution in [0.15, 0.2) is 65.6 Å². The molecule has 0 radical (unpaired) electrons. The molecule has 1 rings (SSSR count). The zero-order valence-corrected chi connectivity index (χ0v) is 14.2. The molecule has 0 heterocycles. The molecule has 0 saturated carbocycles. The molecule has 0 unspecified atom stereocenters. The van der Waals surface area contributed by atoms with Crippen molar-refractivity contribution in [3.05, 3.63) is 77.3 Å². The number of benzene rings is 1. The Labute approximate surface area is 138 Å². The van der Waals surface area contributed by atoms with Gasteiger partial charge in [-0.3, -0.25) is 0 Å². The maximum absolute atomic E-state index is 13.0.